The maximum atomic E-state index is 5.35. The van der Waals surface area contributed by atoms with E-state index in [1.807, 2.05) is 11.8 Å². The van der Waals surface area contributed by atoms with Crippen LogP contribution in [-0.2, 0) is 6.42 Å². The minimum atomic E-state index is 0.880. The van der Waals surface area contributed by atoms with Crippen molar-refractivity contribution in [3.05, 3.63) is 34.1 Å². The molecule has 1 aromatic heterocycles. The predicted octanol–water partition coefficient (Wildman–Crippen LogP) is 2.83. The number of fused-ring (bicyclic) bond motifs is 2. The van der Waals surface area contributed by atoms with Gasteiger partial charge in [-0.2, -0.15) is 0 Å². The van der Waals surface area contributed by atoms with Gasteiger partial charge in [0.15, 0.2) is 6.39 Å². The van der Waals surface area contributed by atoms with Crippen molar-refractivity contribution in [2.45, 2.75) is 20.3 Å². The standard InChI is InChI=1S/C11H12N2OS/c1-6(2)11-13(3)7-4-8-9(10(7)15-11)12-5-14-8/h5H,4H2,1-3H3. The average Bonchev–Trinajstić information content (AvgIpc) is 2.77. The van der Waals surface area contributed by atoms with Gasteiger partial charge in [-0.15, -0.1) is 0 Å². The lowest BCUT2D eigenvalue weighted by molar-refractivity contribution is 0.484. The van der Waals surface area contributed by atoms with E-state index in [1.54, 1.807) is 0 Å². The lowest BCUT2D eigenvalue weighted by Gasteiger charge is -2.17. The van der Waals surface area contributed by atoms with Crippen LogP contribution in [0.2, 0.25) is 0 Å². The Morgan fingerprint density at radius 1 is 1.53 bits per heavy atom. The van der Waals surface area contributed by atoms with Gasteiger partial charge in [-0.25, -0.2) is 4.98 Å². The Labute approximate surface area is 92.9 Å². The number of oxazole rings is 1. The number of thioether (sulfide) groups is 1. The van der Waals surface area contributed by atoms with Gasteiger partial charge >= 0.3 is 0 Å². The third kappa shape index (κ3) is 1.11. The molecule has 0 saturated heterocycles. The zero-order valence-electron chi connectivity index (χ0n) is 9.00. The molecule has 0 atom stereocenters. The Hall–Kier alpha value is -1.16. The van der Waals surface area contributed by atoms with Gasteiger partial charge < -0.3 is 9.32 Å². The van der Waals surface area contributed by atoms with Crippen molar-refractivity contribution >= 4 is 16.7 Å². The molecule has 3 nitrogen and oxygen atoms in total. The highest BCUT2D eigenvalue weighted by molar-refractivity contribution is 8.12. The molecular weight excluding hydrogens is 208 g/mol. The highest BCUT2D eigenvalue weighted by Gasteiger charge is 2.36. The fourth-order valence-electron chi connectivity index (χ4n) is 2.05. The SMILES string of the molecule is CC(C)=C1SC2=C(Cc3ocnc32)N1C. The summed E-state index contributed by atoms with van der Waals surface area (Å²) in [6.07, 6.45) is 2.42. The zero-order valence-corrected chi connectivity index (χ0v) is 9.81. The fourth-order valence-corrected chi connectivity index (χ4v) is 3.29. The van der Waals surface area contributed by atoms with Crippen LogP contribution in [-0.4, -0.2) is 16.9 Å². The van der Waals surface area contributed by atoms with E-state index >= 15 is 0 Å². The van der Waals surface area contributed by atoms with Crippen LogP contribution in [0.15, 0.2) is 27.1 Å². The molecule has 0 radical (unpaired) electrons. The summed E-state index contributed by atoms with van der Waals surface area (Å²) in [6, 6.07) is 0. The van der Waals surface area contributed by atoms with Crippen LogP contribution in [0.5, 0.6) is 0 Å². The normalized spacial score (nSPS) is 18.6. The number of allylic oxidation sites excluding steroid dienone is 2. The topological polar surface area (TPSA) is 29.3 Å². The number of likely N-dealkylation sites (N-methyl/N-ethyl adjacent to an activating group) is 1. The molecule has 2 heterocycles. The molecule has 0 fully saturated rings. The highest BCUT2D eigenvalue weighted by Crippen LogP contribution is 2.51. The van der Waals surface area contributed by atoms with Crippen LogP contribution in [0.1, 0.15) is 25.3 Å². The van der Waals surface area contributed by atoms with Crippen LogP contribution in [0.4, 0.5) is 0 Å². The van der Waals surface area contributed by atoms with Crippen molar-refractivity contribution in [3.63, 3.8) is 0 Å². The summed E-state index contributed by atoms with van der Waals surface area (Å²) < 4.78 is 5.35. The van der Waals surface area contributed by atoms with Crippen LogP contribution < -0.4 is 0 Å². The van der Waals surface area contributed by atoms with Gasteiger partial charge in [0.2, 0.25) is 0 Å². The molecule has 0 bridgehead atoms. The Kier molecular flexibility index (Phi) is 1.77. The Bertz CT molecular complexity index is 494. The molecule has 2 aliphatic rings. The monoisotopic (exact) mass is 220 g/mol. The number of aromatic nitrogens is 1. The highest BCUT2D eigenvalue weighted by atomic mass is 32.2. The molecule has 1 aromatic rings. The number of hydrogen-bond donors (Lipinski definition) is 0. The van der Waals surface area contributed by atoms with E-state index in [0.29, 0.717) is 0 Å². The van der Waals surface area contributed by atoms with E-state index < -0.39 is 0 Å². The average molecular weight is 220 g/mol. The maximum Gasteiger partial charge on any atom is 0.181 e. The van der Waals surface area contributed by atoms with Gasteiger partial charge in [-0.3, -0.25) is 0 Å². The molecule has 0 unspecified atom stereocenters. The third-order valence-corrected chi connectivity index (χ3v) is 4.29. The minimum Gasteiger partial charge on any atom is -0.447 e. The first kappa shape index (κ1) is 9.09. The van der Waals surface area contributed by atoms with E-state index in [2.05, 4.69) is 30.8 Å². The minimum absolute atomic E-state index is 0.880. The first-order valence-corrected chi connectivity index (χ1v) is 5.75. The molecule has 0 spiro atoms. The van der Waals surface area contributed by atoms with Crippen molar-refractivity contribution in [2.24, 2.45) is 0 Å². The number of hydrogen-bond acceptors (Lipinski definition) is 4. The van der Waals surface area contributed by atoms with Gasteiger partial charge in [0.05, 0.1) is 9.93 Å². The lowest BCUT2D eigenvalue weighted by Crippen LogP contribution is -2.12. The molecule has 0 N–H and O–H groups in total. The number of rotatable bonds is 0. The van der Waals surface area contributed by atoms with Crippen LogP contribution in [0.3, 0.4) is 0 Å². The van der Waals surface area contributed by atoms with E-state index in [0.717, 1.165) is 17.9 Å². The Balaban J connectivity index is 2.08. The van der Waals surface area contributed by atoms with E-state index in [1.165, 1.54) is 27.6 Å². The summed E-state index contributed by atoms with van der Waals surface area (Å²) in [7, 11) is 2.11. The van der Waals surface area contributed by atoms with Gasteiger partial charge in [-0.1, -0.05) is 11.8 Å². The van der Waals surface area contributed by atoms with E-state index in [9.17, 15) is 0 Å². The first-order valence-electron chi connectivity index (χ1n) is 4.93. The van der Waals surface area contributed by atoms with Crippen molar-refractivity contribution < 1.29 is 4.42 Å². The van der Waals surface area contributed by atoms with E-state index in [4.69, 9.17) is 4.42 Å². The molecule has 1 aliphatic heterocycles. The molecule has 0 amide bonds. The molecular formula is C11H12N2OS. The quantitative estimate of drug-likeness (QED) is 0.672. The Morgan fingerprint density at radius 3 is 3.07 bits per heavy atom. The summed E-state index contributed by atoms with van der Waals surface area (Å²) in [4.78, 5) is 7.80. The molecule has 4 heteroatoms. The second-order valence-corrected chi connectivity index (χ2v) is 5.04. The molecule has 0 saturated carbocycles. The first-order chi connectivity index (χ1) is 7.18. The summed E-state index contributed by atoms with van der Waals surface area (Å²) in [6.45, 7) is 4.29. The van der Waals surface area contributed by atoms with Gasteiger partial charge in [0, 0.05) is 19.2 Å². The van der Waals surface area contributed by atoms with Crippen LogP contribution in [0.25, 0.3) is 4.91 Å². The van der Waals surface area contributed by atoms with Gasteiger partial charge in [0.1, 0.15) is 11.5 Å². The summed E-state index contributed by atoms with van der Waals surface area (Å²) in [5, 5.41) is 1.33. The van der Waals surface area contributed by atoms with Crippen molar-refractivity contribution in [2.75, 3.05) is 7.05 Å². The largest absolute Gasteiger partial charge is 0.447 e. The fraction of sp³-hybridized carbons (Fsp3) is 0.364. The predicted molar refractivity (Wildman–Crippen MR) is 60.9 cm³/mol. The molecule has 0 aromatic carbocycles. The van der Waals surface area contributed by atoms with E-state index in [-0.39, 0.29) is 0 Å². The third-order valence-electron chi connectivity index (χ3n) is 2.78. The van der Waals surface area contributed by atoms with Crippen molar-refractivity contribution in [3.8, 4) is 0 Å². The lowest BCUT2D eigenvalue weighted by atomic mass is 10.3. The van der Waals surface area contributed by atoms with Crippen molar-refractivity contribution in [1.82, 2.24) is 9.88 Å². The molecule has 3 rings (SSSR count). The van der Waals surface area contributed by atoms with Crippen molar-refractivity contribution in [1.29, 1.82) is 0 Å². The van der Waals surface area contributed by atoms with Crippen LogP contribution >= 0.6 is 11.8 Å². The second kappa shape index (κ2) is 2.92. The smallest absolute Gasteiger partial charge is 0.181 e. The zero-order chi connectivity index (χ0) is 10.6. The molecule has 1 aliphatic carbocycles. The van der Waals surface area contributed by atoms with Gasteiger partial charge in [0.25, 0.3) is 0 Å². The Morgan fingerprint density at radius 2 is 2.33 bits per heavy atom. The summed E-state index contributed by atoms with van der Waals surface area (Å²) in [5.41, 5.74) is 3.72. The maximum absolute atomic E-state index is 5.35. The summed E-state index contributed by atoms with van der Waals surface area (Å²) in [5.74, 6) is 1.01. The number of nitrogens with zero attached hydrogens (tertiary/aromatic N) is 2. The summed E-state index contributed by atoms with van der Waals surface area (Å²) >= 11 is 1.81. The van der Waals surface area contributed by atoms with Gasteiger partial charge in [-0.05, 0) is 19.4 Å². The second-order valence-electron chi connectivity index (χ2n) is 4.04. The molecule has 78 valence electrons. The van der Waals surface area contributed by atoms with Crippen LogP contribution in [0, 0.1) is 0 Å². The molecule has 15 heavy (non-hydrogen) atoms.